The van der Waals surface area contributed by atoms with Crippen LogP contribution in [0, 0.1) is 0 Å². The summed E-state index contributed by atoms with van der Waals surface area (Å²) in [6.07, 6.45) is 5.23. The second kappa shape index (κ2) is 5.34. The molecule has 100 valence electrons. The number of hydrogen-bond donors (Lipinski definition) is 2. The third kappa shape index (κ3) is 3.07. The normalized spacial score (nSPS) is 23.6. The van der Waals surface area contributed by atoms with Crippen molar-refractivity contribution >= 4 is 0 Å². The minimum Gasteiger partial charge on any atom is -0.390 e. The van der Waals surface area contributed by atoms with Gasteiger partial charge in [-0.1, -0.05) is 0 Å². The van der Waals surface area contributed by atoms with E-state index >= 15 is 0 Å². The molecule has 2 unspecified atom stereocenters. The first-order valence-corrected chi connectivity index (χ1v) is 6.61. The molecule has 1 aliphatic rings. The molecule has 0 bridgehead atoms. The fourth-order valence-electron chi connectivity index (χ4n) is 2.69. The highest BCUT2D eigenvalue weighted by Gasteiger charge is 2.32. The molecular formula is C14H23N3O. The van der Waals surface area contributed by atoms with Crippen molar-refractivity contribution in [3.8, 4) is 0 Å². The number of nitrogens with two attached hydrogens (primary N) is 1. The molecule has 0 amide bonds. The molecule has 0 spiro atoms. The molecule has 1 aromatic rings. The predicted molar refractivity (Wildman–Crippen MR) is 72.1 cm³/mol. The number of rotatable bonds is 3. The van der Waals surface area contributed by atoms with Crippen molar-refractivity contribution in [1.29, 1.82) is 0 Å². The maximum absolute atomic E-state index is 10.0. The van der Waals surface area contributed by atoms with Crippen LogP contribution >= 0.6 is 0 Å². The Morgan fingerprint density at radius 2 is 1.89 bits per heavy atom. The van der Waals surface area contributed by atoms with Crippen molar-refractivity contribution in [3.63, 3.8) is 0 Å². The van der Waals surface area contributed by atoms with E-state index in [9.17, 15) is 5.11 Å². The lowest BCUT2D eigenvalue weighted by Gasteiger charge is -2.41. The number of pyridine rings is 1. The summed E-state index contributed by atoms with van der Waals surface area (Å²) in [4.78, 5) is 6.43. The summed E-state index contributed by atoms with van der Waals surface area (Å²) in [5.41, 5.74) is 6.84. The minimum atomic E-state index is -0.517. The number of piperidine rings is 1. The number of aromatic nitrogens is 1. The van der Waals surface area contributed by atoms with Crippen molar-refractivity contribution in [2.24, 2.45) is 5.73 Å². The fourth-order valence-corrected chi connectivity index (χ4v) is 2.69. The average molecular weight is 249 g/mol. The number of likely N-dealkylation sites (tertiary alicyclic amines) is 1. The van der Waals surface area contributed by atoms with Crippen molar-refractivity contribution in [2.75, 3.05) is 13.1 Å². The largest absolute Gasteiger partial charge is 0.390 e. The quantitative estimate of drug-likeness (QED) is 0.848. The minimum absolute atomic E-state index is 0.0652. The Labute approximate surface area is 109 Å². The number of hydrogen-bond acceptors (Lipinski definition) is 4. The standard InChI is InChI=1S/C14H23N3O/c1-11(15)13(12-3-7-16-8-4-12)17-9-5-14(2,18)6-10-17/h3-4,7-8,11,13,18H,5-6,9-10,15H2,1-2H3. The van der Waals surface area contributed by atoms with Gasteiger partial charge >= 0.3 is 0 Å². The van der Waals surface area contributed by atoms with E-state index in [0.29, 0.717) is 0 Å². The summed E-state index contributed by atoms with van der Waals surface area (Å²) in [6.45, 7) is 5.73. The van der Waals surface area contributed by atoms with Gasteiger partial charge in [0.15, 0.2) is 0 Å². The SMILES string of the molecule is CC(N)C(c1ccncc1)N1CCC(C)(O)CC1. The van der Waals surface area contributed by atoms with E-state index in [1.54, 1.807) is 0 Å². The molecule has 2 heterocycles. The van der Waals surface area contributed by atoms with Gasteiger partial charge < -0.3 is 10.8 Å². The Balaban J connectivity index is 2.13. The van der Waals surface area contributed by atoms with Crippen LogP contribution in [0.1, 0.15) is 38.3 Å². The average Bonchev–Trinajstić information content (AvgIpc) is 2.33. The number of nitrogens with zero attached hydrogens (tertiary/aromatic N) is 2. The van der Waals surface area contributed by atoms with Gasteiger partial charge in [-0.05, 0) is 44.4 Å². The second-order valence-electron chi connectivity index (χ2n) is 5.62. The zero-order chi connectivity index (χ0) is 13.2. The van der Waals surface area contributed by atoms with Crippen LogP contribution in [0.2, 0.25) is 0 Å². The molecule has 1 saturated heterocycles. The molecule has 1 aromatic heterocycles. The van der Waals surface area contributed by atoms with E-state index < -0.39 is 5.60 Å². The van der Waals surface area contributed by atoms with Crippen molar-refractivity contribution in [3.05, 3.63) is 30.1 Å². The Morgan fingerprint density at radius 3 is 2.39 bits per heavy atom. The zero-order valence-corrected chi connectivity index (χ0v) is 11.2. The number of aliphatic hydroxyl groups is 1. The van der Waals surface area contributed by atoms with E-state index in [2.05, 4.69) is 9.88 Å². The van der Waals surface area contributed by atoms with Crippen molar-refractivity contribution in [1.82, 2.24) is 9.88 Å². The van der Waals surface area contributed by atoms with Gasteiger partial charge in [-0.2, -0.15) is 0 Å². The highest BCUT2D eigenvalue weighted by Crippen LogP contribution is 2.30. The molecule has 0 saturated carbocycles. The van der Waals surface area contributed by atoms with E-state index in [-0.39, 0.29) is 12.1 Å². The third-order valence-electron chi connectivity index (χ3n) is 3.81. The molecule has 4 heteroatoms. The first kappa shape index (κ1) is 13.5. The van der Waals surface area contributed by atoms with Gasteiger partial charge in [-0.15, -0.1) is 0 Å². The molecule has 18 heavy (non-hydrogen) atoms. The lowest BCUT2D eigenvalue weighted by Crippen LogP contribution is -2.48. The summed E-state index contributed by atoms with van der Waals surface area (Å²) in [6, 6.07) is 4.33. The van der Waals surface area contributed by atoms with Gasteiger partial charge in [0.05, 0.1) is 5.60 Å². The third-order valence-corrected chi connectivity index (χ3v) is 3.81. The van der Waals surface area contributed by atoms with Gasteiger partial charge in [-0.3, -0.25) is 9.88 Å². The van der Waals surface area contributed by atoms with Gasteiger partial charge in [0.1, 0.15) is 0 Å². The van der Waals surface area contributed by atoms with E-state index in [4.69, 9.17) is 5.73 Å². The molecule has 0 radical (unpaired) electrons. The summed E-state index contributed by atoms with van der Waals surface area (Å²) < 4.78 is 0. The summed E-state index contributed by atoms with van der Waals surface area (Å²) in [5, 5.41) is 10.0. The molecule has 4 nitrogen and oxygen atoms in total. The van der Waals surface area contributed by atoms with E-state index in [0.717, 1.165) is 25.9 Å². The Morgan fingerprint density at radius 1 is 1.33 bits per heavy atom. The molecule has 0 aromatic carbocycles. The first-order valence-electron chi connectivity index (χ1n) is 6.61. The summed E-state index contributed by atoms with van der Waals surface area (Å²) in [5.74, 6) is 0. The topological polar surface area (TPSA) is 62.4 Å². The van der Waals surface area contributed by atoms with Gasteiger partial charge in [0, 0.05) is 37.6 Å². The first-order chi connectivity index (χ1) is 8.49. The van der Waals surface area contributed by atoms with Gasteiger partial charge in [-0.25, -0.2) is 0 Å². The van der Waals surface area contributed by atoms with Crippen LogP contribution in [0.15, 0.2) is 24.5 Å². The van der Waals surface area contributed by atoms with Crippen LogP contribution in [0.4, 0.5) is 0 Å². The van der Waals surface area contributed by atoms with Crippen LogP contribution in [0.5, 0.6) is 0 Å². The zero-order valence-electron chi connectivity index (χ0n) is 11.2. The lowest BCUT2D eigenvalue weighted by molar-refractivity contribution is -0.0194. The molecule has 3 N–H and O–H groups in total. The van der Waals surface area contributed by atoms with Crippen molar-refractivity contribution < 1.29 is 5.11 Å². The monoisotopic (exact) mass is 249 g/mol. The highest BCUT2D eigenvalue weighted by molar-refractivity contribution is 5.17. The summed E-state index contributed by atoms with van der Waals surface area (Å²) >= 11 is 0. The van der Waals surface area contributed by atoms with Crippen LogP contribution in [0.3, 0.4) is 0 Å². The highest BCUT2D eigenvalue weighted by atomic mass is 16.3. The van der Waals surface area contributed by atoms with Crippen molar-refractivity contribution in [2.45, 2.75) is 44.4 Å². The Kier molecular flexibility index (Phi) is 4.00. The molecule has 2 atom stereocenters. The summed E-state index contributed by atoms with van der Waals surface area (Å²) in [7, 11) is 0. The Bertz CT molecular complexity index is 368. The van der Waals surface area contributed by atoms with Crippen LogP contribution in [-0.2, 0) is 0 Å². The Hall–Kier alpha value is -0.970. The lowest BCUT2D eigenvalue weighted by atomic mass is 9.90. The maximum Gasteiger partial charge on any atom is 0.0644 e. The van der Waals surface area contributed by atoms with Crippen LogP contribution in [0.25, 0.3) is 0 Å². The molecule has 0 aliphatic carbocycles. The molecule has 2 rings (SSSR count). The predicted octanol–water partition coefficient (Wildman–Crippen LogP) is 1.32. The maximum atomic E-state index is 10.0. The van der Waals surface area contributed by atoms with Crippen LogP contribution in [-0.4, -0.2) is 39.7 Å². The fraction of sp³-hybridized carbons (Fsp3) is 0.643. The van der Waals surface area contributed by atoms with Crippen LogP contribution < -0.4 is 5.73 Å². The second-order valence-corrected chi connectivity index (χ2v) is 5.62. The smallest absolute Gasteiger partial charge is 0.0644 e. The van der Waals surface area contributed by atoms with E-state index in [1.807, 2.05) is 38.4 Å². The molecular weight excluding hydrogens is 226 g/mol. The molecule has 1 fully saturated rings. The van der Waals surface area contributed by atoms with Gasteiger partial charge in [0.25, 0.3) is 0 Å². The van der Waals surface area contributed by atoms with E-state index in [1.165, 1.54) is 5.56 Å². The van der Waals surface area contributed by atoms with Gasteiger partial charge in [0.2, 0.25) is 0 Å². The molecule has 1 aliphatic heterocycles.